The van der Waals surface area contributed by atoms with E-state index in [2.05, 4.69) is 5.32 Å². The summed E-state index contributed by atoms with van der Waals surface area (Å²) in [4.78, 5) is 11.3. The lowest BCUT2D eigenvalue weighted by Gasteiger charge is -2.15. The van der Waals surface area contributed by atoms with Crippen LogP contribution in [-0.2, 0) is 11.3 Å². The van der Waals surface area contributed by atoms with E-state index in [-0.39, 0.29) is 6.54 Å². The van der Waals surface area contributed by atoms with Gasteiger partial charge in [0.1, 0.15) is 6.04 Å². The number of hydrogen-bond donors (Lipinski definition) is 3. The molecule has 1 atom stereocenters. The van der Waals surface area contributed by atoms with Crippen LogP contribution in [0, 0.1) is 5.82 Å². The number of benzene rings is 2. The van der Waals surface area contributed by atoms with Crippen LogP contribution in [0.5, 0.6) is 5.75 Å². The molecule has 0 radical (unpaired) electrons. The minimum atomic E-state index is -1.00. The standard InChI is InChI=1S/C15H14FNO3/c16-12-8-10(6-7-13(12)18)9-17-14(15(19)20)11-4-2-1-3-5-11/h1-8,14,17-18H,9H2,(H,19,20). The number of aromatic hydroxyl groups is 1. The summed E-state index contributed by atoms with van der Waals surface area (Å²) in [5.41, 5.74) is 1.18. The van der Waals surface area contributed by atoms with Crippen molar-refractivity contribution in [3.05, 3.63) is 65.5 Å². The Hall–Kier alpha value is -2.40. The fourth-order valence-corrected chi connectivity index (χ4v) is 1.87. The SMILES string of the molecule is O=C(O)C(NCc1ccc(O)c(F)c1)c1ccccc1. The van der Waals surface area contributed by atoms with Crippen LogP contribution in [0.15, 0.2) is 48.5 Å². The van der Waals surface area contributed by atoms with E-state index >= 15 is 0 Å². The Bertz CT molecular complexity index is 601. The van der Waals surface area contributed by atoms with Gasteiger partial charge in [-0.1, -0.05) is 36.4 Å². The van der Waals surface area contributed by atoms with Crippen LogP contribution in [0.4, 0.5) is 4.39 Å². The van der Waals surface area contributed by atoms with Gasteiger partial charge in [-0.05, 0) is 23.3 Å². The van der Waals surface area contributed by atoms with Gasteiger partial charge in [0.25, 0.3) is 0 Å². The molecule has 2 aromatic carbocycles. The third-order valence-electron chi connectivity index (χ3n) is 2.90. The topological polar surface area (TPSA) is 69.6 Å². The molecular formula is C15H14FNO3. The highest BCUT2D eigenvalue weighted by Crippen LogP contribution is 2.18. The fraction of sp³-hybridized carbons (Fsp3) is 0.133. The van der Waals surface area contributed by atoms with Crippen LogP contribution < -0.4 is 5.32 Å². The number of aliphatic carboxylic acids is 1. The molecule has 0 saturated heterocycles. The third-order valence-corrected chi connectivity index (χ3v) is 2.90. The normalized spacial score (nSPS) is 12.1. The first-order valence-corrected chi connectivity index (χ1v) is 6.06. The zero-order chi connectivity index (χ0) is 14.5. The number of carbonyl (C=O) groups is 1. The van der Waals surface area contributed by atoms with E-state index in [1.807, 2.05) is 0 Å². The molecule has 0 spiro atoms. The van der Waals surface area contributed by atoms with Crippen LogP contribution in [0.3, 0.4) is 0 Å². The number of hydrogen-bond acceptors (Lipinski definition) is 3. The largest absolute Gasteiger partial charge is 0.505 e. The minimum absolute atomic E-state index is 0.184. The van der Waals surface area contributed by atoms with E-state index in [1.165, 1.54) is 18.2 Å². The van der Waals surface area contributed by atoms with Crippen LogP contribution in [0.25, 0.3) is 0 Å². The summed E-state index contributed by atoms with van der Waals surface area (Å²) in [5, 5.41) is 21.2. The van der Waals surface area contributed by atoms with Gasteiger partial charge in [-0.15, -0.1) is 0 Å². The van der Waals surface area contributed by atoms with Gasteiger partial charge >= 0.3 is 5.97 Å². The van der Waals surface area contributed by atoms with Crippen LogP contribution >= 0.6 is 0 Å². The predicted octanol–water partition coefficient (Wildman–Crippen LogP) is 2.45. The Morgan fingerprint density at radius 3 is 2.50 bits per heavy atom. The summed E-state index contributed by atoms with van der Waals surface area (Å²) in [7, 11) is 0. The lowest BCUT2D eigenvalue weighted by Crippen LogP contribution is -2.28. The molecule has 104 valence electrons. The summed E-state index contributed by atoms with van der Waals surface area (Å²) < 4.78 is 13.2. The molecule has 0 amide bonds. The molecule has 0 aliphatic rings. The highest BCUT2D eigenvalue weighted by Gasteiger charge is 2.18. The molecule has 1 unspecified atom stereocenters. The smallest absolute Gasteiger partial charge is 0.325 e. The highest BCUT2D eigenvalue weighted by molar-refractivity contribution is 5.75. The molecule has 2 aromatic rings. The summed E-state index contributed by atoms with van der Waals surface area (Å²) in [5.74, 6) is -2.15. The second-order valence-corrected chi connectivity index (χ2v) is 4.35. The third kappa shape index (κ3) is 3.33. The maximum absolute atomic E-state index is 13.2. The number of nitrogens with one attached hydrogen (secondary N) is 1. The van der Waals surface area contributed by atoms with E-state index < -0.39 is 23.6 Å². The number of halogens is 1. The molecule has 0 aromatic heterocycles. The summed E-state index contributed by atoms with van der Waals surface area (Å²) >= 11 is 0. The second-order valence-electron chi connectivity index (χ2n) is 4.35. The number of phenols is 1. The van der Waals surface area contributed by atoms with Crippen molar-refractivity contribution in [1.82, 2.24) is 5.32 Å². The number of carboxylic acid groups (broad SMARTS) is 1. The Labute approximate surface area is 115 Å². The van der Waals surface area contributed by atoms with Gasteiger partial charge in [-0.2, -0.15) is 0 Å². The van der Waals surface area contributed by atoms with Gasteiger partial charge in [0.05, 0.1) is 0 Å². The monoisotopic (exact) mass is 275 g/mol. The first-order chi connectivity index (χ1) is 9.58. The molecule has 0 saturated carbocycles. The summed E-state index contributed by atoms with van der Waals surface area (Å²) in [6.45, 7) is 0.184. The number of carboxylic acids is 1. The summed E-state index contributed by atoms with van der Waals surface area (Å²) in [6.07, 6.45) is 0. The maximum atomic E-state index is 13.2. The van der Waals surface area contributed by atoms with Crippen molar-refractivity contribution >= 4 is 5.97 Å². The van der Waals surface area contributed by atoms with Gasteiger partial charge in [0.15, 0.2) is 11.6 Å². The van der Waals surface area contributed by atoms with Crippen LogP contribution in [-0.4, -0.2) is 16.2 Å². The van der Waals surface area contributed by atoms with Gasteiger partial charge in [-0.25, -0.2) is 4.39 Å². The molecule has 5 heteroatoms. The Morgan fingerprint density at radius 2 is 1.90 bits per heavy atom. The lowest BCUT2D eigenvalue weighted by molar-refractivity contribution is -0.139. The van der Waals surface area contributed by atoms with Crippen molar-refractivity contribution in [1.29, 1.82) is 0 Å². The molecule has 0 aliphatic heterocycles. The van der Waals surface area contributed by atoms with Gasteiger partial charge in [0.2, 0.25) is 0 Å². The van der Waals surface area contributed by atoms with E-state index in [0.717, 1.165) is 0 Å². The molecule has 2 rings (SSSR count). The van der Waals surface area contributed by atoms with Gasteiger partial charge in [-0.3, -0.25) is 10.1 Å². The van der Waals surface area contributed by atoms with Crippen LogP contribution in [0.2, 0.25) is 0 Å². The Kier molecular flexibility index (Phi) is 4.32. The predicted molar refractivity (Wildman–Crippen MR) is 71.7 cm³/mol. The molecule has 0 fully saturated rings. The Morgan fingerprint density at radius 1 is 1.20 bits per heavy atom. The Balaban J connectivity index is 2.10. The number of phenolic OH excluding ortho intramolecular Hbond substituents is 1. The first kappa shape index (κ1) is 14.0. The molecule has 0 bridgehead atoms. The van der Waals surface area contributed by atoms with E-state index in [4.69, 9.17) is 5.11 Å². The maximum Gasteiger partial charge on any atom is 0.325 e. The second kappa shape index (κ2) is 6.16. The molecule has 0 aliphatic carbocycles. The fourth-order valence-electron chi connectivity index (χ4n) is 1.87. The molecule has 0 heterocycles. The zero-order valence-corrected chi connectivity index (χ0v) is 10.6. The quantitative estimate of drug-likeness (QED) is 0.784. The minimum Gasteiger partial charge on any atom is -0.505 e. The average Bonchev–Trinajstić information content (AvgIpc) is 2.44. The molecular weight excluding hydrogens is 261 g/mol. The first-order valence-electron chi connectivity index (χ1n) is 6.06. The van der Waals surface area contributed by atoms with Crippen molar-refractivity contribution in [2.24, 2.45) is 0 Å². The van der Waals surface area contributed by atoms with Crippen molar-refractivity contribution in [3.8, 4) is 5.75 Å². The van der Waals surface area contributed by atoms with Crippen molar-refractivity contribution < 1.29 is 19.4 Å². The van der Waals surface area contributed by atoms with Crippen LogP contribution in [0.1, 0.15) is 17.2 Å². The van der Waals surface area contributed by atoms with Gasteiger partial charge < -0.3 is 10.2 Å². The highest BCUT2D eigenvalue weighted by atomic mass is 19.1. The van der Waals surface area contributed by atoms with Crippen molar-refractivity contribution in [2.75, 3.05) is 0 Å². The summed E-state index contributed by atoms with van der Waals surface area (Å²) in [6, 6.07) is 11.8. The van der Waals surface area contributed by atoms with E-state index in [9.17, 15) is 14.3 Å². The zero-order valence-electron chi connectivity index (χ0n) is 10.6. The molecule has 4 nitrogen and oxygen atoms in total. The number of rotatable bonds is 5. The van der Waals surface area contributed by atoms with E-state index in [1.54, 1.807) is 30.3 Å². The van der Waals surface area contributed by atoms with Gasteiger partial charge in [0, 0.05) is 6.54 Å². The molecule has 20 heavy (non-hydrogen) atoms. The average molecular weight is 275 g/mol. The van der Waals surface area contributed by atoms with Crippen molar-refractivity contribution in [3.63, 3.8) is 0 Å². The lowest BCUT2D eigenvalue weighted by atomic mass is 10.1. The van der Waals surface area contributed by atoms with E-state index in [0.29, 0.717) is 11.1 Å². The molecule has 3 N–H and O–H groups in total. The van der Waals surface area contributed by atoms with Crippen molar-refractivity contribution in [2.45, 2.75) is 12.6 Å².